The number of oxazole rings is 1. The van der Waals surface area contributed by atoms with Crippen LogP contribution in [0.25, 0.3) is 11.1 Å². The largest absolute Gasteiger partial charge is 0.424 e. The smallest absolute Gasteiger partial charge is 0.295 e. The topological polar surface area (TPSA) is 70.9 Å². The first-order chi connectivity index (χ1) is 10.4. The number of benzene rings is 1. The summed E-state index contributed by atoms with van der Waals surface area (Å²) in [6.45, 7) is 4.49. The van der Waals surface area contributed by atoms with Gasteiger partial charge >= 0.3 is 0 Å². The fraction of sp³-hybridized carbons (Fsp3) is 0.250. The zero-order valence-corrected chi connectivity index (χ0v) is 12.3. The molecule has 114 valence electrons. The number of nitrogens with zero attached hydrogens (tertiary/aromatic N) is 1. The van der Waals surface area contributed by atoms with Gasteiger partial charge in [0.15, 0.2) is 5.58 Å². The third-order valence-electron chi connectivity index (χ3n) is 3.53. The average molecular weight is 301 g/mol. The lowest BCUT2D eigenvalue weighted by molar-refractivity contribution is 0.520. The maximum atomic E-state index is 13.1. The van der Waals surface area contributed by atoms with E-state index in [1.165, 1.54) is 18.2 Å². The van der Waals surface area contributed by atoms with Crippen molar-refractivity contribution >= 4 is 17.1 Å². The summed E-state index contributed by atoms with van der Waals surface area (Å²) < 4.78 is 18.7. The van der Waals surface area contributed by atoms with Crippen molar-refractivity contribution in [3.63, 3.8) is 0 Å². The van der Waals surface area contributed by atoms with Crippen LogP contribution in [0.3, 0.4) is 0 Å². The zero-order valence-electron chi connectivity index (χ0n) is 12.3. The van der Waals surface area contributed by atoms with Crippen LogP contribution in [0.2, 0.25) is 0 Å². The third-order valence-corrected chi connectivity index (χ3v) is 3.53. The number of pyridine rings is 1. The Morgan fingerprint density at radius 2 is 2.14 bits per heavy atom. The number of aromatic amines is 1. The molecule has 0 aliphatic rings. The Kier molecular flexibility index (Phi) is 3.44. The van der Waals surface area contributed by atoms with Gasteiger partial charge in [-0.3, -0.25) is 4.79 Å². The van der Waals surface area contributed by atoms with Crippen LogP contribution in [0.5, 0.6) is 0 Å². The van der Waals surface area contributed by atoms with E-state index in [4.69, 9.17) is 4.42 Å². The van der Waals surface area contributed by atoms with Gasteiger partial charge in [0.2, 0.25) is 5.56 Å². The van der Waals surface area contributed by atoms with E-state index in [9.17, 15) is 9.18 Å². The molecule has 1 aromatic carbocycles. The van der Waals surface area contributed by atoms with Crippen LogP contribution in [0, 0.1) is 5.82 Å². The Morgan fingerprint density at radius 3 is 2.91 bits per heavy atom. The molecule has 0 aliphatic heterocycles. The molecule has 2 heterocycles. The first-order valence-electron chi connectivity index (χ1n) is 6.94. The van der Waals surface area contributed by atoms with Crippen molar-refractivity contribution in [3.05, 3.63) is 58.3 Å². The summed E-state index contributed by atoms with van der Waals surface area (Å²) in [6.07, 6.45) is 0. The minimum absolute atomic E-state index is 0.136. The number of halogens is 1. The van der Waals surface area contributed by atoms with E-state index in [0.29, 0.717) is 23.7 Å². The van der Waals surface area contributed by atoms with E-state index in [1.807, 2.05) is 19.9 Å². The minimum Gasteiger partial charge on any atom is -0.424 e. The van der Waals surface area contributed by atoms with Gasteiger partial charge < -0.3 is 14.7 Å². The molecule has 0 spiro atoms. The monoisotopic (exact) mass is 301 g/mol. The molecule has 2 aromatic heterocycles. The van der Waals surface area contributed by atoms with Gasteiger partial charge in [-0.25, -0.2) is 4.39 Å². The molecule has 3 rings (SSSR count). The molecule has 22 heavy (non-hydrogen) atoms. The summed E-state index contributed by atoms with van der Waals surface area (Å²) in [5, 5.41) is 3.09. The first kappa shape index (κ1) is 14.3. The second-order valence-electron chi connectivity index (χ2n) is 5.80. The lowest BCUT2D eigenvalue weighted by Crippen LogP contribution is -2.30. The van der Waals surface area contributed by atoms with Crippen molar-refractivity contribution in [2.24, 2.45) is 0 Å². The molecule has 0 unspecified atom stereocenters. The van der Waals surface area contributed by atoms with E-state index in [0.717, 1.165) is 5.69 Å². The second-order valence-corrected chi connectivity index (χ2v) is 5.80. The van der Waals surface area contributed by atoms with Gasteiger partial charge in [0, 0.05) is 29.8 Å². The maximum Gasteiger partial charge on any atom is 0.295 e. The molecule has 0 amide bonds. The molecule has 0 aliphatic carbocycles. The number of anilines is 1. The van der Waals surface area contributed by atoms with Crippen LogP contribution < -0.4 is 10.9 Å². The number of fused-ring (bicyclic) bond motifs is 1. The van der Waals surface area contributed by atoms with Crippen LogP contribution in [0.1, 0.15) is 19.5 Å². The molecule has 0 fully saturated rings. The minimum atomic E-state index is -0.352. The van der Waals surface area contributed by atoms with Crippen LogP contribution in [-0.2, 0) is 5.41 Å². The van der Waals surface area contributed by atoms with Crippen molar-refractivity contribution in [2.45, 2.75) is 19.3 Å². The van der Waals surface area contributed by atoms with Crippen molar-refractivity contribution in [1.82, 2.24) is 9.97 Å². The molecular formula is C16H16FN3O2. The van der Waals surface area contributed by atoms with E-state index in [-0.39, 0.29) is 16.8 Å². The highest BCUT2D eigenvalue weighted by Crippen LogP contribution is 2.23. The van der Waals surface area contributed by atoms with Crippen molar-refractivity contribution in [2.75, 3.05) is 11.9 Å². The van der Waals surface area contributed by atoms with Crippen molar-refractivity contribution in [1.29, 1.82) is 0 Å². The zero-order chi connectivity index (χ0) is 15.7. The second kappa shape index (κ2) is 5.29. The molecule has 5 nitrogen and oxygen atoms in total. The summed E-state index contributed by atoms with van der Waals surface area (Å²) in [4.78, 5) is 18.4. The standard InChI is InChI=1S/C16H16FN3O2/c1-16(2,13-4-3-5-14(21)20-13)9-18-15-19-11-8-10(17)6-7-12(11)22-15/h3-8H,9H2,1-2H3,(H,18,19)(H,20,21). The Labute approximate surface area is 126 Å². The summed E-state index contributed by atoms with van der Waals surface area (Å²) >= 11 is 0. The first-order valence-corrected chi connectivity index (χ1v) is 6.94. The van der Waals surface area contributed by atoms with E-state index < -0.39 is 0 Å². The van der Waals surface area contributed by atoms with E-state index in [2.05, 4.69) is 15.3 Å². The van der Waals surface area contributed by atoms with Crippen LogP contribution in [-0.4, -0.2) is 16.5 Å². The molecule has 0 radical (unpaired) electrons. The maximum absolute atomic E-state index is 13.1. The fourth-order valence-corrected chi connectivity index (χ4v) is 2.21. The number of aromatic nitrogens is 2. The van der Waals surface area contributed by atoms with Gasteiger partial charge in [0.1, 0.15) is 11.3 Å². The number of rotatable bonds is 4. The number of hydrogen-bond acceptors (Lipinski definition) is 4. The van der Waals surface area contributed by atoms with Gasteiger partial charge in [-0.2, -0.15) is 4.98 Å². The third kappa shape index (κ3) is 2.86. The normalized spacial score (nSPS) is 11.8. The van der Waals surface area contributed by atoms with Crippen molar-refractivity contribution < 1.29 is 8.81 Å². The summed E-state index contributed by atoms with van der Waals surface area (Å²) in [7, 11) is 0. The fourth-order valence-electron chi connectivity index (χ4n) is 2.21. The van der Waals surface area contributed by atoms with Crippen LogP contribution in [0.4, 0.5) is 10.4 Å². The predicted octanol–water partition coefficient (Wildman–Crippen LogP) is 3.04. The quantitative estimate of drug-likeness (QED) is 0.777. The summed E-state index contributed by atoms with van der Waals surface area (Å²) in [5.74, 6) is -0.352. The van der Waals surface area contributed by atoms with E-state index in [1.54, 1.807) is 12.1 Å². The average Bonchev–Trinajstić information content (AvgIpc) is 2.87. The Balaban J connectivity index is 1.79. The molecule has 0 saturated carbocycles. The molecule has 0 atom stereocenters. The predicted molar refractivity (Wildman–Crippen MR) is 82.5 cm³/mol. The molecular weight excluding hydrogens is 285 g/mol. The summed E-state index contributed by atoms with van der Waals surface area (Å²) in [6, 6.07) is 9.58. The van der Waals surface area contributed by atoms with Crippen LogP contribution >= 0.6 is 0 Å². The Morgan fingerprint density at radius 1 is 1.32 bits per heavy atom. The van der Waals surface area contributed by atoms with Crippen LogP contribution in [0.15, 0.2) is 45.6 Å². The number of H-pyrrole nitrogens is 1. The lowest BCUT2D eigenvalue weighted by atomic mass is 9.89. The summed E-state index contributed by atoms with van der Waals surface area (Å²) in [5.41, 5.74) is 1.34. The molecule has 0 saturated heterocycles. The Bertz CT molecular complexity index is 867. The van der Waals surface area contributed by atoms with Crippen molar-refractivity contribution in [3.8, 4) is 0 Å². The molecule has 3 aromatic rings. The highest BCUT2D eigenvalue weighted by Gasteiger charge is 2.22. The van der Waals surface area contributed by atoms with Gasteiger partial charge in [-0.05, 0) is 18.2 Å². The van der Waals surface area contributed by atoms with E-state index >= 15 is 0 Å². The van der Waals surface area contributed by atoms with Gasteiger partial charge in [0.05, 0.1) is 0 Å². The highest BCUT2D eigenvalue weighted by atomic mass is 19.1. The van der Waals surface area contributed by atoms with Gasteiger partial charge in [0.25, 0.3) is 6.01 Å². The molecule has 6 heteroatoms. The Hall–Kier alpha value is -2.63. The SMILES string of the molecule is CC(C)(CNc1nc2cc(F)ccc2o1)c1cccc(=O)[nH]1. The molecule has 2 N–H and O–H groups in total. The molecule has 0 bridgehead atoms. The number of hydrogen-bond donors (Lipinski definition) is 2. The van der Waals surface area contributed by atoms with Gasteiger partial charge in [-0.15, -0.1) is 0 Å². The lowest BCUT2D eigenvalue weighted by Gasteiger charge is -2.24. The highest BCUT2D eigenvalue weighted by molar-refractivity contribution is 5.74. The van der Waals surface area contributed by atoms with Gasteiger partial charge in [-0.1, -0.05) is 19.9 Å². The number of nitrogens with one attached hydrogen (secondary N) is 2.